The molecule has 0 atom stereocenters. The third kappa shape index (κ3) is 6.44. The first-order valence-corrected chi connectivity index (χ1v) is 11.0. The number of nitrogens with zero attached hydrogens (tertiary/aromatic N) is 6. The Bertz CT molecular complexity index is 589. The van der Waals surface area contributed by atoms with E-state index in [-0.39, 0.29) is 0 Å². The zero-order valence-corrected chi connectivity index (χ0v) is 17.6. The number of aliphatic imine (C=N–C) groups is 1. The first kappa shape index (κ1) is 21.0. The van der Waals surface area contributed by atoms with Gasteiger partial charge >= 0.3 is 0 Å². The van der Waals surface area contributed by atoms with Crippen LogP contribution in [-0.2, 0) is 17.7 Å². The summed E-state index contributed by atoms with van der Waals surface area (Å²) in [5.74, 6) is 2.93. The molecule has 8 heteroatoms. The molecule has 0 bridgehead atoms. The van der Waals surface area contributed by atoms with Crippen LogP contribution in [0.4, 0.5) is 0 Å². The maximum absolute atomic E-state index is 5.43. The van der Waals surface area contributed by atoms with Crippen LogP contribution in [0, 0.1) is 5.92 Å². The number of nitrogens with one attached hydrogen (secondary N) is 1. The molecule has 0 unspecified atom stereocenters. The van der Waals surface area contributed by atoms with Crippen molar-refractivity contribution in [2.24, 2.45) is 10.9 Å². The van der Waals surface area contributed by atoms with Crippen LogP contribution in [0.1, 0.15) is 38.9 Å². The summed E-state index contributed by atoms with van der Waals surface area (Å²) in [7, 11) is 0. The van der Waals surface area contributed by atoms with Crippen LogP contribution in [0.2, 0.25) is 0 Å². The topological polar surface area (TPSA) is 70.8 Å². The van der Waals surface area contributed by atoms with Gasteiger partial charge in [0.2, 0.25) is 0 Å². The highest BCUT2D eigenvalue weighted by molar-refractivity contribution is 5.80. The molecule has 1 N–H and O–H groups in total. The van der Waals surface area contributed by atoms with Gasteiger partial charge < -0.3 is 19.5 Å². The Morgan fingerprint density at radius 1 is 1.21 bits per heavy atom. The van der Waals surface area contributed by atoms with Crippen LogP contribution in [0.3, 0.4) is 0 Å². The Hall–Kier alpha value is -1.67. The average Bonchev–Trinajstić information content (AvgIpc) is 3.19. The lowest BCUT2D eigenvalue weighted by molar-refractivity contribution is 0.0377. The highest BCUT2D eigenvalue weighted by Crippen LogP contribution is 2.16. The Kier molecular flexibility index (Phi) is 8.54. The summed E-state index contributed by atoms with van der Waals surface area (Å²) in [6.45, 7) is 14.2. The minimum atomic E-state index is 0.822. The van der Waals surface area contributed by atoms with Crippen molar-refractivity contribution in [2.45, 2.75) is 46.1 Å². The van der Waals surface area contributed by atoms with Gasteiger partial charge in [0.05, 0.1) is 13.2 Å². The van der Waals surface area contributed by atoms with Gasteiger partial charge in [-0.15, -0.1) is 10.2 Å². The molecule has 3 heterocycles. The number of aromatic nitrogens is 3. The van der Waals surface area contributed by atoms with Gasteiger partial charge in [0, 0.05) is 58.8 Å². The number of hydrogen-bond donors (Lipinski definition) is 1. The predicted octanol–water partition coefficient (Wildman–Crippen LogP) is 1.24. The van der Waals surface area contributed by atoms with Gasteiger partial charge in [-0.2, -0.15) is 0 Å². The standard InChI is InChI=1S/C20H37N7O/c1-3-19-24-23-17-27(19)12-8-22-20(26-10-5-18(2)6-11-26)21-7-4-9-25-13-15-28-16-14-25/h17-18H,3-16H2,1-2H3,(H,21,22). The van der Waals surface area contributed by atoms with E-state index >= 15 is 0 Å². The Morgan fingerprint density at radius 3 is 2.75 bits per heavy atom. The second-order valence-electron chi connectivity index (χ2n) is 7.90. The first-order valence-electron chi connectivity index (χ1n) is 11.0. The molecule has 0 spiro atoms. The first-order chi connectivity index (χ1) is 13.8. The second-order valence-corrected chi connectivity index (χ2v) is 7.90. The van der Waals surface area contributed by atoms with Crippen LogP contribution in [0.15, 0.2) is 11.3 Å². The van der Waals surface area contributed by atoms with E-state index in [4.69, 9.17) is 9.73 Å². The monoisotopic (exact) mass is 391 g/mol. The van der Waals surface area contributed by atoms with Crippen LogP contribution in [-0.4, -0.2) is 89.6 Å². The fourth-order valence-electron chi connectivity index (χ4n) is 3.82. The molecule has 0 saturated carbocycles. The van der Waals surface area contributed by atoms with Crippen LogP contribution in [0.5, 0.6) is 0 Å². The number of aryl methyl sites for hydroxylation is 1. The Labute approximate surface area is 169 Å². The summed E-state index contributed by atoms with van der Waals surface area (Å²) in [5.41, 5.74) is 0. The second kappa shape index (κ2) is 11.4. The molecule has 158 valence electrons. The summed E-state index contributed by atoms with van der Waals surface area (Å²) < 4.78 is 7.55. The molecular formula is C20H37N7O. The van der Waals surface area contributed by atoms with Crippen LogP contribution < -0.4 is 5.32 Å². The molecule has 8 nitrogen and oxygen atoms in total. The summed E-state index contributed by atoms with van der Waals surface area (Å²) >= 11 is 0. The number of ether oxygens (including phenoxy) is 1. The lowest BCUT2D eigenvalue weighted by Gasteiger charge is -2.33. The molecule has 2 saturated heterocycles. The molecule has 2 fully saturated rings. The Morgan fingerprint density at radius 2 is 2.00 bits per heavy atom. The number of morpholine rings is 1. The number of piperidine rings is 1. The molecule has 0 amide bonds. The number of guanidine groups is 1. The largest absolute Gasteiger partial charge is 0.379 e. The molecule has 28 heavy (non-hydrogen) atoms. The lowest BCUT2D eigenvalue weighted by Crippen LogP contribution is -2.46. The van der Waals surface area contributed by atoms with Gasteiger partial charge in [-0.25, -0.2) is 0 Å². The highest BCUT2D eigenvalue weighted by Gasteiger charge is 2.19. The predicted molar refractivity (Wildman–Crippen MR) is 112 cm³/mol. The van der Waals surface area contributed by atoms with Crippen molar-refractivity contribution in [3.63, 3.8) is 0 Å². The Balaban J connectivity index is 1.48. The average molecular weight is 392 g/mol. The van der Waals surface area contributed by atoms with E-state index in [0.717, 1.165) is 96.1 Å². The maximum atomic E-state index is 5.43. The van der Waals surface area contributed by atoms with Gasteiger partial charge in [-0.3, -0.25) is 9.89 Å². The fourth-order valence-corrected chi connectivity index (χ4v) is 3.82. The molecule has 0 aromatic carbocycles. The van der Waals surface area contributed by atoms with E-state index in [9.17, 15) is 0 Å². The smallest absolute Gasteiger partial charge is 0.193 e. The third-order valence-electron chi connectivity index (χ3n) is 5.73. The summed E-state index contributed by atoms with van der Waals surface area (Å²) in [4.78, 5) is 9.86. The van der Waals surface area contributed by atoms with Crippen molar-refractivity contribution in [1.82, 2.24) is 29.9 Å². The van der Waals surface area contributed by atoms with E-state index < -0.39 is 0 Å². The number of likely N-dealkylation sites (tertiary alicyclic amines) is 1. The molecule has 2 aliphatic rings. The van der Waals surface area contributed by atoms with E-state index in [1.165, 1.54) is 12.8 Å². The quantitative estimate of drug-likeness (QED) is 0.408. The molecule has 0 aliphatic carbocycles. The van der Waals surface area contributed by atoms with Crippen molar-refractivity contribution < 1.29 is 4.74 Å². The van der Waals surface area contributed by atoms with Crippen LogP contribution in [0.25, 0.3) is 0 Å². The molecular weight excluding hydrogens is 354 g/mol. The van der Waals surface area contributed by atoms with Crippen molar-refractivity contribution in [1.29, 1.82) is 0 Å². The normalized spacial score (nSPS) is 19.9. The van der Waals surface area contributed by atoms with Gasteiger partial charge in [-0.1, -0.05) is 13.8 Å². The van der Waals surface area contributed by atoms with Gasteiger partial charge in [0.15, 0.2) is 5.96 Å². The zero-order chi connectivity index (χ0) is 19.6. The maximum Gasteiger partial charge on any atom is 0.193 e. The number of rotatable bonds is 8. The van der Waals surface area contributed by atoms with Crippen LogP contribution >= 0.6 is 0 Å². The fraction of sp³-hybridized carbons (Fsp3) is 0.850. The summed E-state index contributed by atoms with van der Waals surface area (Å²) in [6, 6.07) is 0. The molecule has 1 aromatic heterocycles. The lowest BCUT2D eigenvalue weighted by atomic mass is 10.00. The zero-order valence-electron chi connectivity index (χ0n) is 17.6. The van der Waals surface area contributed by atoms with Crippen molar-refractivity contribution in [3.05, 3.63) is 12.2 Å². The van der Waals surface area contributed by atoms with E-state index in [0.29, 0.717) is 0 Å². The summed E-state index contributed by atoms with van der Waals surface area (Å²) in [5, 5.41) is 11.8. The third-order valence-corrected chi connectivity index (χ3v) is 5.73. The van der Waals surface area contributed by atoms with E-state index in [1.807, 2.05) is 6.33 Å². The molecule has 2 aliphatic heterocycles. The van der Waals surface area contributed by atoms with E-state index in [1.54, 1.807) is 0 Å². The van der Waals surface area contributed by atoms with E-state index in [2.05, 4.69) is 43.7 Å². The summed E-state index contributed by atoms with van der Waals surface area (Å²) in [6.07, 6.45) is 6.33. The van der Waals surface area contributed by atoms with Gasteiger partial charge in [0.25, 0.3) is 0 Å². The number of hydrogen-bond acceptors (Lipinski definition) is 5. The van der Waals surface area contributed by atoms with Gasteiger partial charge in [0.1, 0.15) is 12.2 Å². The minimum absolute atomic E-state index is 0.822. The highest BCUT2D eigenvalue weighted by atomic mass is 16.5. The van der Waals surface area contributed by atoms with Gasteiger partial charge in [-0.05, 0) is 25.2 Å². The van der Waals surface area contributed by atoms with Crippen molar-refractivity contribution in [2.75, 3.05) is 59.0 Å². The minimum Gasteiger partial charge on any atom is -0.379 e. The molecule has 1 aromatic rings. The molecule has 0 radical (unpaired) electrons. The van der Waals surface area contributed by atoms with Crippen molar-refractivity contribution in [3.8, 4) is 0 Å². The SMILES string of the molecule is CCc1nncn1CCNC(=NCCCN1CCOCC1)N1CCC(C)CC1. The van der Waals surface area contributed by atoms with Crippen molar-refractivity contribution >= 4 is 5.96 Å². The molecule has 3 rings (SSSR count).